The summed E-state index contributed by atoms with van der Waals surface area (Å²) in [5.74, 6) is -0.717. The van der Waals surface area contributed by atoms with Crippen LogP contribution in [0.2, 0.25) is 0 Å². The summed E-state index contributed by atoms with van der Waals surface area (Å²) >= 11 is 0. The topological polar surface area (TPSA) is 104 Å². The van der Waals surface area contributed by atoms with Crippen molar-refractivity contribution < 1.29 is 22.9 Å². The summed E-state index contributed by atoms with van der Waals surface area (Å²) in [5.41, 5.74) is 0.782. The second-order valence-corrected chi connectivity index (χ2v) is 6.56. The van der Waals surface area contributed by atoms with Gasteiger partial charge in [-0.3, -0.25) is 9.35 Å². The Labute approximate surface area is 166 Å². The third-order valence-electron chi connectivity index (χ3n) is 3.51. The Hall–Kier alpha value is -1.90. The van der Waals surface area contributed by atoms with Crippen LogP contribution in [-0.2, 0) is 10.1 Å². The fourth-order valence-corrected chi connectivity index (χ4v) is 2.95. The average Bonchev–Trinajstić information content (AvgIpc) is 2.54. The molecule has 25 heavy (non-hydrogen) atoms. The van der Waals surface area contributed by atoms with Crippen LogP contribution in [0.1, 0.15) is 10.4 Å². The van der Waals surface area contributed by atoms with E-state index in [9.17, 15) is 18.3 Å². The zero-order chi connectivity index (χ0) is 17.3. The molecule has 1 amide bonds. The molecule has 0 unspecified atom stereocenters. The number of hydrogen-bond donors (Lipinski definition) is 3. The summed E-state index contributed by atoms with van der Waals surface area (Å²) in [6, 6.07) is 15.5. The van der Waals surface area contributed by atoms with Gasteiger partial charge in [-0.1, -0.05) is 30.3 Å². The van der Waals surface area contributed by atoms with Crippen LogP contribution in [-0.4, -0.2) is 53.5 Å². The summed E-state index contributed by atoms with van der Waals surface area (Å²) < 4.78 is 31.6. The van der Waals surface area contributed by atoms with E-state index >= 15 is 0 Å². The number of aromatic hydroxyl groups is 1. The predicted octanol–water partition coefficient (Wildman–Crippen LogP) is 2.40. The Kier molecular flexibility index (Phi) is 5.87. The van der Waals surface area contributed by atoms with E-state index in [2.05, 4.69) is 5.32 Å². The molecule has 3 aromatic carbocycles. The maximum absolute atomic E-state index is 12.3. The van der Waals surface area contributed by atoms with Gasteiger partial charge < -0.3 is 10.4 Å². The first kappa shape index (κ1) is 19.4. The molecule has 0 radical (unpaired) electrons. The number of hydrogen-bond acceptors (Lipinski definition) is 4. The molecule has 0 aromatic heterocycles. The summed E-state index contributed by atoms with van der Waals surface area (Å²) in [5, 5.41) is 13.5. The van der Waals surface area contributed by atoms with E-state index in [1.807, 2.05) is 0 Å². The Morgan fingerprint density at radius 2 is 1.64 bits per heavy atom. The van der Waals surface area contributed by atoms with Crippen molar-refractivity contribution in [1.29, 1.82) is 0 Å². The quantitative estimate of drug-likeness (QED) is 0.487. The molecule has 8 heteroatoms. The van der Waals surface area contributed by atoms with Crippen LogP contribution in [0.3, 0.4) is 0 Å². The second kappa shape index (κ2) is 7.55. The predicted molar refractivity (Wildman–Crippen MR) is 97.0 cm³/mol. The number of amides is 1. The van der Waals surface area contributed by atoms with Gasteiger partial charge in [0.1, 0.15) is 5.75 Å². The molecule has 3 N–H and O–H groups in total. The molecule has 0 fully saturated rings. The van der Waals surface area contributed by atoms with Crippen LogP contribution in [0.4, 0.5) is 5.69 Å². The normalized spacial score (nSPS) is 10.9. The number of benzene rings is 3. The van der Waals surface area contributed by atoms with E-state index in [-0.39, 0.29) is 46.6 Å². The number of fused-ring (bicyclic) bond motifs is 1. The Balaban J connectivity index is 0.00000225. The number of nitrogens with one attached hydrogen (secondary N) is 1. The molecule has 0 aliphatic heterocycles. The van der Waals surface area contributed by atoms with Gasteiger partial charge >= 0.3 is 29.6 Å². The van der Waals surface area contributed by atoms with Gasteiger partial charge in [-0.2, -0.15) is 8.42 Å². The second-order valence-electron chi connectivity index (χ2n) is 5.14. The molecular weight excluding hydrogens is 353 g/mol. The SMILES string of the molecule is O=C(Nc1cccc2cc(S(=O)(=O)O)cc(O)c12)c1ccccc1.[NaH]. The van der Waals surface area contributed by atoms with E-state index in [0.717, 1.165) is 6.07 Å². The summed E-state index contributed by atoms with van der Waals surface area (Å²) in [6.07, 6.45) is 0. The molecule has 0 bridgehead atoms. The zero-order valence-corrected chi connectivity index (χ0v) is 13.1. The Bertz CT molecular complexity index is 1040. The molecule has 6 nitrogen and oxygen atoms in total. The molecule has 0 aliphatic rings. The van der Waals surface area contributed by atoms with Crippen LogP contribution in [0, 0.1) is 0 Å². The van der Waals surface area contributed by atoms with Crippen molar-refractivity contribution in [3.05, 3.63) is 66.2 Å². The van der Waals surface area contributed by atoms with Crippen molar-refractivity contribution >= 4 is 62.0 Å². The summed E-state index contributed by atoms with van der Waals surface area (Å²) in [4.78, 5) is 11.8. The van der Waals surface area contributed by atoms with E-state index < -0.39 is 15.0 Å². The van der Waals surface area contributed by atoms with Crippen LogP contribution in [0.25, 0.3) is 10.8 Å². The fourth-order valence-electron chi connectivity index (χ4n) is 2.42. The van der Waals surface area contributed by atoms with Crippen LogP contribution in [0.15, 0.2) is 65.6 Å². The molecule has 3 aromatic rings. The van der Waals surface area contributed by atoms with Crippen molar-refractivity contribution in [3.63, 3.8) is 0 Å². The van der Waals surface area contributed by atoms with E-state index in [0.29, 0.717) is 16.6 Å². The Morgan fingerprint density at radius 1 is 0.960 bits per heavy atom. The molecule has 0 atom stereocenters. The molecular formula is C17H14NNaO5S. The standard InChI is InChI=1S/C17H13NO5S.Na.H/c19-15-10-13(24(21,22)23)9-12-7-4-8-14(16(12)15)18-17(20)11-5-2-1-3-6-11;;/h1-10,19H,(H,18,20)(H,21,22,23);;. The average molecular weight is 367 g/mol. The molecule has 3 rings (SSSR count). The maximum atomic E-state index is 12.3. The number of anilines is 1. The van der Waals surface area contributed by atoms with Gasteiger partial charge in [-0.15, -0.1) is 0 Å². The number of phenols is 1. The van der Waals surface area contributed by atoms with Crippen molar-refractivity contribution in [3.8, 4) is 5.75 Å². The number of carbonyl (C=O) groups excluding carboxylic acids is 1. The van der Waals surface area contributed by atoms with E-state index in [4.69, 9.17) is 4.55 Å². The molecule has 0 saturated heterocycles. The molecule has 0 aliphatic carbocycles. The van der Waals surface area contributed by atoms with Crippen LogP contribution in [0.5, 0.6) is 5.75 Å². The van der Waals surface area contributed by atoms with Gasteiger partial charge in [-0.05, 0) is 29.7 Å². The number of phenolic OH excluding ortho intramolecular Hbond substituents is 1. The third kappa shape index (κ3) is 4.20. The first-order valence-corrected chi connectivity index (χ1v) is 8.40. The minimum atomic E-state index is -4.44. The van der Waals surface area contributed by atoms with E-state index in [1.165, 1.54) is 6.07 Å². The van der Waals surface area contributed by atoms with Gasteiger partial charge in [-0.25, -0.2) is 0 Å². The summed E-state index contributed by atoms with van der Waals surface area (Å²) in [7, 11) is -4.44. The van der Waals surface area contributed by atoms with Crippen LogP contribution >= 0.6 is 0 Å². The molecule has 0 heterocycles. The Morgan fingerprint density at radius 3 is 2.28 bits per heavy atom. The van der Waals surface area contributed by atoms with Crippen molar-refractivity contribution in [2.45, 2.75) is 4.90 Å². The zero-order valence-electron chi connectivity index (χ0n) is 12.3. The van der Waals surface area contributed by atoms with Crippen LogP contribution < -0.4 is 5.32 Å². The summed E-state index contributed by atoms with van der Waals surface area (Å²) in [6.45, 7) is 0. The third-order valence-corrected chi connectivity index (χ3v) is 4.34. The molecule has 124 valence electrons. The van der Waals surface area contributed by atoms with Crippen molar-refractivity contribution in [2.75, 3.05) is 5.32 Å². The fraction of sp³-hybridized carbons (Fsp3) is 0. The minimum absolute atomic E-state index is 0. The van der Waals surface area contributed by atoms with Gasteiger partial charge in [0.15, 0.2) is 0 Å². The number of rotatable bonds is 3. The van der Waals surface area contributed by atoms with E-state index in [1.54, 1.807) is 48.5 Å². The van der Waals surface area contributed by atoms with Crippen molar-refractivity contribution in [1.82, 2.24) is 0 Å². The molecule has 0 saturated carbocycles. The monoisotopic (exact) mass is 367 g/mol. The molecule has 0 spiro atoms. The van der Waals surface area contributed by atoms with Gasteiger partial charge in [0.25, 0.3) is 16.0 Å². The van der Waals surface area contributed by atoms with Gasteiger partial charge in [0.2, 0.25) is 0 Å². The van der Waals surface area contributed by atoms with Gasteiger partial charge in [0, 0.05) is 17.0 Å². The van der Waals surface area contributed by atoms with Gasteiger partial charge in [0.05, 0.1) is 10.6 Å². The first-order valence-electron chi connectivity index (χ1n) is 6.96. The first-order chi connectivity index (χ1) is 11.4. The number of carbonyl (C=O) groups is 1. The van der Waals surface area contributed by atoms with Crippen molar-refractivity contribution in [2.24, 2.45) is 0 Å².